The molecule has 0 aromatic heterocycles. The third-order valence-corrected chi connectivity index (χ3v) is 12.9. The first kappa shape index (κ1) is 26.2. The van der Waals surface area contributed by atoms with E-state index in [1.165, 1.54) is 32.1 Å². The molecule has 0 N–H and O–H groups in total. The Hall–Kier alpha value is -2.44. The molecule has 0 radical (unpaired) electrons. The van der Waals surface area contributed by atoms with Crippen LogP contribution in [0, 0.1) is 0 Å². The van der Waals surface area contributed by atoms with Crippen LogP contribution in [-0.2, 0) is 9.32 Å². The van der Waals surface area contributed by atoms with Crippen LogP contribution in [0.15, 0.2) is 91.0 Å². The van der Waals surface area contributed by atoms with E-state index in [4.69, 9.17) is 4.52 Å². The summed E-state index contributed by atoms with van der Waals surface area (Å²) in [6.07, 6.45) is 10.5. The topological polar surface area (TPSA) is 26.3 Å². The second kappa shape index (κ2) is 12.9. The molecule has 0 aliphatic heterocycles. The SMILES string of the molecule is CCCCCCCCCC(=O)OP(CCC)(c1ccccc1)(c1ccccc1)c1ccccc1. The van der Waals surface area contributed by atoms with Crippen LogP contribution in [0.3, 0.4) is 0 Å². The van der Waals surface area contributed by atoms with Crippen molar-refractivity contribution in [1.82, 2.24) is 0 Å². The maximum absolute atomic E-state index is 13.6. The summed E-state index contributed by atoms with van der Waals surface area (Å²) >= 11 is 0. The third-order valence-electron chi connectivity index (χ3n) is 6.85. The van der Waals surface area contributed by atoms with Crippen molar-refractivity contribution in [2.75, 3.05) is 6.16 Å². The number of hydrogen-bond acceptors (Lipinski definition) is 2. The molecule has 0 aliphatic rings. The quantitative estimate of drug-likeness (QED) is 0.178. The predicted octanol–water partition coefficient (Wildman–Crippen LogP) is 7.53. The molecule has 0 fully saturated rings. The second-order valence-electron chi connectivity index (χ2n) is 9.28. The minimum atomic E-state index is -3.49. The average Bonchev–Trinajstić information content (AvgIpc) is 2.89. The summed E-state index contributed by atoms with van der Waals surface area (Å²) in [4.78, 5) is 13.6. The minimum absolute atomic E-state index is 0.0729. The second-order valence-corrected chi connectivity index (χ2v) is 13.9. The van der Waals surface area contributed by atoms with E-state index >= 15 is 0 Å². The zero-order chi connectivity index (χ0) is 24.1. The molecule has 0 bridgehead atoms. The first-order valence-corrected chi connectivity index (χ1v) is 15.4. The molecule has 3 rings (SSSR count). The van der Waals surface area contributed by atoms with E-state index in [-0.39, 0.29) is 5.97 Å². The standard InChI is InChI=1S/C31H41O2P/c1-3-5-6-7-8-9-19-26-31(32)33-34(27-4-2,28-20-13-10-14-21-28,29-22-15-11-16-23-29)30-24-17-12-18-25-30/h10-18,20-25H,3-9,19,26-27H2,1-2H3. The van der Waals surface area contributed by atoms with Gasteiger partial charge in [-0.1, -0.05) is 0 Å². The first-order valence-electron chi connectivity index (χ1n) is 13.1. The monoisotopic (exact) mass is 476 g/mol. The van der Waals surface area contributed by atoms with Crippen molar-refractivity contribution >= 4 is 28.7 Å². The van der Waals surface area contributed by atoms with E-state index in [1.54, 1.807) is 0 Å². The fraction of sp³-hybridized carbons (Fsp3) is 0.387. The Morgan fingerprint density at radius 3 is 1.41 bits per heavy atom. The molecular formula is C31H41O2P. The van der Waals surface area contributed by atoms with E-state index in [9.17, 15) is 4.79 Å². The van der Waals surface area contributed by atoms with Gasteiger partial charge in [0.2, 0.25) is 0 Å². The molecule has 34 heavy (non-hydrogen) atoms. The summed E-state index contributed by atoms with van der Waals surface area (Å²) in [5, 5.41) is 3.38. The van der Waals surface area contributed by atoms with Gasteiger partial charge < -0.3 is 0 Å². The number of unbranched alkanes of at least 4 members (excludes halogenated alkanes) is 6. The van der Waals surface area contributed by atoms with Crippen molar-refractivity contribution in [3.63, 3.8) is 0 Å². The van der Waals surface area contributed by atoms with Crippen molar-refractivity contribution in [3.05, 3.63) is 91.0 Å². The maximum atomic E-state index is 13.6. The Kier molecular flexibility index (Phi) is 9.90. The van der Waals surface area contributed by atoms with Crippen LogP contribution in [0.25, 0.3) is 0 Å². The van der Waals surface area contributed by atoms with Gasteiger partial charge >= 0.3 is 207 Å². The zero-order valence-corrected chi connectivity index (χ0v) is 21.9. The molecule has 0 saturated heterocycles. The summed E-state index contributed by atoms with van der Waals surface area (Å²) in [6, 6.07) is 31.5. The van der Waals surface area contributed by atoms with Crippen molar-refractivity contribution in [1.29, 1.82) is 0 Å². The van der Waals surface area contributed by atoms with Crippen molar-refractivity contribution in [2.24, 2.45) is 0 Å². The van der Waals surface area contributed by atoms with Gasteiger partial charge in [0.15, 0.2) is 0 Å². The Bertz CT molecular complexity index is 886. The number of rotatable bonds is 14. The van der Waals surface area contributed by atoms with E-state index in [0.29, 0.717) is 6.42 Å². The molecule has 0 unspecified atom stereocenters. The van der Waals surface area contributed by atoms with Gasteiger partial charge in [0.25, 0.3) is 0 Å². The van der Waals surface area contributed by atoms with E-state index in [0.717, 1.165) is 41.3 Å². The van der Waals surface area contributed by atoms with Crippen LogP contribution in [0.2, 0.25) is 0 Å². The average molecular weight is 477 g/mol. The van der Waals surface area contributed by atoms with Crippen LogP contribution < -0.4 is 15.9 Å². The van der Waals surface area contributed by atoms with Gasteiger partial charge in [0, 0.05) is 0 Å². The van der Waals surface area contributed by atoms with E-state index < -0.39 is 6.83 Å². The normalized spacial score (nSPS) is 12.6. The molecule has 0 amide bonds. The Morgan fingerprint density at radius 2 is 1.00 bits per heavy atom. The molecular weight excluding hydrogens is 435 g/mol. The van der Waals surface area contributed by atoms with Crippen LogP contribution in [0.1, 0.15) is 71.6 Å². The van der Waals surface area contributed by atoms with Gasteiger partial charge in [0.05, 0.1) is 0 Å². The van der Waals surface area contributed by atoms with Crippen LogP contribution >= 0.6 is 6.83 Å². The van der Waals surface area contributed by atoms with Gasteiger partial charge in [-0.05, 0) is 0 Å². The molecule has 3 aromatic rings. The zero-order valence-electron chi connectivity index (χ0n) is 21.0. The van der Waals surface area contributed by atoms with Gasteiger partial charge in [0.1, 0.15) is 0 Å². The van der Waals surface area contributed by atoms with Crippen molar-refractivity contribution in [2.45, 2.75) is 71.6 Å². The third kappa shape index (κ3) is 5.61. The summed E-state index contributed by atoms with van der Waals surface area (Å²) in [6.45, 7) is 0.942. The van der Waals surface area contributed by atoms with Crippen molar-refractivity contribution < 1.29 is 9.32 Å². The van der Waals surface area contributed by atoms with Gasteiger partial charge in [-0.25, -0.2) is 0 Å². The van der Waals surface area contributed by atoms with Gasteiger partial charge in [-0.15, -0.1) is 0 Å². The number of carbonyl (C=O) groups excluding carboxylic acids is 1. The number of hydrogen-bond donors (Lipinski definition) is 0. The Balaban J connectivity index is 2.02. The molecule has 0 aliphatic carbocycles. The van der Waals surface area contributed by atoms with Crippen LogP contribution in [0.5, 0.6) is 0 Å². The van der Waals surface area contributed by atoms with E-state index in [2.05, 4.69) is 86.6 Å². The van der Waals surface area contributed by atoms with Crippen LogP contribution in [-0.4, -0.2) is 12.1 Å². The van der Waals surface area contributed by atoms with Gasteiger partial charge in [-0.2, -0.15) is 0 Å². The summed E-state index contributed by atoms with van der Waals surface area (Å²) in [7, 11) is 0. The first-order chi connectivity index (χ1) is 16.7. The fourth-order valence-electron chi connectivity index (χ4n) is 5.19. The Morgan fingerprint density at radius 1 is 0.588 bits per heavy atom. The molecule has 0 heterocycles. The molecule has 0 atom stereocenters. The molecule has 182 valence electrons. The summed E-state index contributed by atoms with van der Waals surface area (Å²) in [5.41, 5.74) is 0. The number of benzene rings is 3. The Labute approximate surface area is 206 Å². The molecule has 0 spiro atoms. The molecule has 3 aromatic carbocycles. The molecule has 3 heteroatoms. The summed E-state index contributed by atoms with van der Waals surface area (Å²) in [5.74, 6) is -0.0729. The van der Waals surface area contributed by atoms with Crippen molar-refractivity contribution in [3.8, 4) is 0 Å². The molecule has 2 nitrogen and oxygen atoms in total. The fourth-order valence-corrected chi connectivity index (χ4v) is 11.1. The predicted molar refractivity (Wildman–Crippen MR) is 149 cm³/mol. The molecule has 0 saturated carbocycles. The van der Waals surface area contributed by atoms with Crippen LogP contribution in [0.4, 0.5) is 0 Å². The summed E-state index contributed by atoms with van der Waals surface area (Å²) < 4.78 is 6.96. The van der Waals surface area contributed by atoms with E-state index in [1.807, 2.05) is 18.2 Å². The van der Waals surface area contributed by atoms with Gasteiger partial charge in [-0.3, -0.25) is 0 Å². The number of carbonyl (C=O) groups is 1.